The number of halogens is 7. The van der Waals surface area contributed by atoms with Crippen LogP contribution in [0, 0.1) is 5.82 Å². The van der Waals surface area contributed by atoms with E-state index >= 15 is 0 Å². The summed E-state index contributed by atoms with van der Waals surface area (Å²) in [6, 6.07) is 4.75. The molecule has 0 saturated carbocycles. The van der Waals surface area contributed by atoms with E-state index in [1.807, 2.05) is 0 Å². The molecule has 2 atom stereocenters. The van der Waals surface area contributed by atoms with Crippen molar-refractivity contribution in [3.63, 3.8) is 0 Å². The summed E-state index contributed by atoms with van der Waals surface area (Å²) in [6.07, 6.45) is -7.64. The predicted molar refractivity (Wildman–Crippen MR) is 111 cm³/mol. The number of nitrogens with two attached hydrogens (primary N) is 1. The van der Waals surface area contributed by atoms with Crippen molar-refractivity contribution in [1.29, 1.82) is 0 Å². The molecule has 4 rings (SSSR count). The van der Waals surface area contributed by atoms with Crippen LogP contribution in [0.5, 0.6) is 0 Å². The third-order valence-electron chi connectivity index (χ3n) is 5.90. The van der Waals surface area contributed by atoms with Gasteiger partial charge in [-0.2, -0.15) is 26.3 Å². The van der Waals surface area contributed by atoms with E-state index in [1.54, 1.807) is 0 Å². The summed E-state index contributed by atoms with van der Waals surface area (Å²) in [7, 11) is 0. The fraction of sp³-hybridized carbons (Fsp3) is 0.364. The fourth-order valence-corrected chi connectivity index (χ4v) is 3.70. The first-order valence-electron chi connectivity index (χ1n) is 10.2. The average molecular weight is 501 g/mol. The van der Waals surface area contributed by atoms with Crippen LogP contribution in [-0.2, 0) is 22.9 Å². The van der Waals surface area contributed by atoms with Crippen LogP contribution in [-0.4, -0.2) is 39.2 Å². The Balaban J connectivity index is 1.71. The molecule has 1 aromatic carbocycles. The van der Waals surface area contributed by atoms with Gasteiger partial charge in [0.1, 0.15) is 29.0 Å². The van der Waals surface area contributed by atoms with Crippen molar-refractivity contribution >= 4 is 16.9 Å². The maximum Gasteiger partial charge on any atom is 0.424 e. The van der Waals surface area contributed by atoms with Gasteiger partial charge in [-0.3, -0.25) is 9.98 Å². The van der Waals surface area contributed by atoms with Gasteiger partial charge in [0.05, 0.1) is 23.4 Å². The van der Waals surface area contributed by atoms with E-state index < -0.39 is 47.3 Å². The number of aromatic nitrogens is 3. The van der Waals surface area contributed by atoms with Crippen LogP contribution in [0.4, 0.5) is 30.7 Å². The Morgan fingerprint density at radius 1 is 1.03 bits per heavy atom. The number of alkyl halides is 6. The molecule has 3 aromatic rings. The van der Waals surface area contributed by atoms with Gasteiger partial charge >= 0.3 is 12.4 Å². The smallest absolute Gasteiger partial charge is 0.385 e. The molecule has 6 nitrogen and oxygen atoms in total. The Morgan fingerprint density at radius 2 is 1.74 bits per heavy atom. The normalized spacial score (nSPS) is 23.4. The second-order valence-electron chi connectivity index (χ2n) is 8.49. The van der Waals surface area contributed by atoms with Gasteiger partial charge in [0, 0.05) is 18.2 Å². The van der Waals surface area contributed by atoms with Crippen molar-refractivity contribution in [3.05, 3.63) is 65.0 Å². The Morgan fingerprint density at radius 3 is 2.37 bits per heavy atom. The number of pyridine rings is 1. The number of aliphatic imine (C=N–C) groups is 1. The molecule has 0 unspecified atom stereocenters. The van der Waals surface area contributed by atoms with Crippen molar-refractivity contribution in [1.82, 2.24) is 15.0 Å². The minimum atomic E-state index is -4.82. The molecule has 0 fully saturated rings. The average Bonchev–Trinajstić information content (AvgIpc) is 2.76. The molecule has 0 amide bonds. The number of ether oxygens (including phenoxy) is 1. The molecule has 3 heterocycles. The molecular formula is C22H18F7N5O. The maximum absolute atomic E-state index is 14.8. The van der Waals surface area contributed by atoms with Crippen LogP contribution in [0.1, 0.15) is 36.2 Å². The Hall–Kier alpha value is -3.35. The van der Waals surface area contributed by atoms with Crippen LogP contribution in [0.3, 0.4) is 0 Å². The topological polar surface area (TPSA) is 86.3 Å². The molecule has 2 aromatic heterocycles. The van der Waals surface area contributed by atoms with Gasteiger partial charge in [-0.05, 0) is 37.6 Å². The van der Waals surface area contributed by atoms with Crippen molar-refractivity contribution < 1.29 is 35.5 Å². The number of hydrogen-bond donors (Lipinski definition) is 1. The van der Waals surface area contributed by atoms with Gasteiger partial charge in [0.25, 0.3) is 0 Å². The van der Waals surface area contributed by atoms with Crippen LogP contribution in [0.15, 0.2) is 41.8 Å². The summed E-state index contributed by atoms with van der Waals surface area (Å²) in [5.74, 6) is -1.58. The molecule has 1 aliphatic rings. The first-order chi connectivity index (χ1) is 16.1. The van der Waals surface area contributed by atoms with E-state index in [-0.39, 0.29) is 28.7 Å². The maximum atomic E-state index is 14.8. The Labute approximate surface area is 194 Å². The quantitative estimate of drug-likeness (QED) is 0.526. The van der Waals surface area contributed by atoms with Crippen LogP contribution in [0.25, 0.3) is 11.0 Å². The minimum absolute atomic E-state index is 0.0244. The van der Waals surface area contributed by atoms with Crippen molar-refractivity contribution in [2.45, 2.75) is 43.8 Å². The second-order valence-corrected chi connectivity index (χ2v) is 8.49. The summed E-state index contributed by atoms with van der Waals surface area (Å²) in [4.78, 5) is 15.7. The molecule has 13 heteroatoms. The molecular weight excluding hydrogens is 483 g/mol. The lowest BCUT2D eigenvalue weighted by Crippen LogP contribution is -2.60. The third-order valence-corrected chi connectivity index (χ3v) is 5.90. The van der Waals surface area contributed by atoms with Gasteiger partial charge < -0.3 is 10.5 Å². The van der Waals surface area contributed by atoms with E-state index in [9.17, 15) is 30.7 Å². The largest absolute Gasteiger partial charge is 0.424 e. The zero-order valence-electron chi connectivity index (χ0n) is 18.3. The van der Waals surface area contributed by atoms with Gasteiger partial charge in [-0.25, -0.2) is 14.4 Å². The number of benzene rings is 1. The highest BCUT2D eigenvalue weighted by atomic mass is 19.4. The lowest BCUT2D eigenvalue weighted by atomic mass is 9.88. The van der Waals surface area contributed by atoms with Crippen molar-refractivity contribution in [3.8, 4) is 0 Å². The summed E-state index contributed by atoms with van der Waals surface area (Å²) in [6.45, 7) is 1.54. The summed E-state index contributed by atoms with van der Waals surface area (Å²) >= 11 is 0. The van der Waals surface area contributed by atoms with Crippen LogP contribution in [0.2, 0.25) is 0 Å². The first kappa shape index (κ1) is 24.8. The predicted octanol–water partition coefficient (Wildman–Crippen LogP) is 4.70. The standard InChI is InChI=1S/C22H18F7N5O/c1-19(9-35-20(2,18(30)34-19)22(27,28)29)13-5-11(3-4-14(13)23)6-15-17-16(33-10-32-15)7-12(8-31-17)21(24,25)26/h3-5,7-8,10H,6,9H2,1-2H3,(H2,30,34)/t19-,20+/m0/s1. The van der Waals surface area contributed by atoms with E-state index in [2.05, 4.69) is 19.9 Å². The van der Waals surface area contributed by atoms with Gasteiger partial charge in [0.15, 0.2) is 0 Å². The van der Waals surface area contributed by atoms with Crippen molar-refractivity contribution in [2.24, 2.45) is 10.7 Å². The van der Waals surface area contributed by atoms with E-state index in [4.69, 9.17) is 10.5 Å². The zero-order valence-corrected chi connectivity index (χ0v) is 18.3. The molecule has 0 aliphatic carbocycles. The molecule has 186 valence electrons. The number of nitrogens with zero attached hydrogens (tertiary/aromatic N) is 4. The number of fused-ring (bicyclic) bond motifs is 1. The summed E-state index contributed by atoms with van der Waals surface area (Å²) in [5, 5.41) is 0. The third kappa shape index (κ3) is 4.40. The molecule has 0 radical (unpaired) electrons. The van der Waals surface area contributed by atoms with Crippen molar-refractivity contribution in [2.75, 3.05) is 6.61 Å². The highest BCUT2D eigenvalue weighted by Crippen LogP contribution is 2.41. The molecule has 35 heavy (non-hydrogen) atoms. The lowest BCUT2D eigenvalue weighted by molar-refractivity contribution is -0.249. The summed E-state index contributed by atoms with van der Waals surface area (Å²) < 4.78 is 99.0. The number of amidine groups is 1. The SMILES string of the molecule is C[C@@]1(c2cc(Cc3ncnc4cc(C(F)(F)F)cnc34)ccc2F)CO[C@@](C)(C(F)(F)F)C(N)=N1. The van der Waals surface area contributed by atoms with Gasteiger partial charge in [0.2, 0.25) is 5.60 Å². The molecule has 2 N–H and O–H groups in total. The van der Waals surface area contributed by atoms with Gasteiger partial charge in [-0.1, -0.05) is 6.07 Å². The minimum Gasteiger partial charge on any atom is -0.385 e. The molecule has 0 bridgehead atoms. The number of rotatable bonds is 3. The molecule has 1 aliphatic heterocycles. The second kappa shape index (κ2) is 8.11. The van der Waals surface area contributed by atoms with Gasteiger partial charge in [-0.15, -0.1) is 0 Å². The van der Waals surface area contributed by atoms with E-state index in [0.717, 1.165) is 25.4 Å². The summed E-state index contributed by atoms with van der Waals surface area (Å²) in [5.41, 5.74) is 1.06. The van der Waals surface area contributed by atoms with Crippen LogP contribution >= 0.6 is 0 Å². The van der Waals surface area contributed by atoms with E-state index in [1.165, 1.54) is 19.1 Å². The molecule has 0 spiro atoms. The highest BCUT2D eigenvalue weighted by Gasteiger charge is 2.59. The Kier molecular flexibility index (Phi) is 5.74. The highest BCUT2D eigenvalue weighted by molar-refractivity contribution is 5.90. The monoisotopic (exact) mass is 501 g/mol. The van der Waals surface area contributed by atoms with Crippen LogP contribution < -0.4 is 5.73 Å². The van der Waals surface area contributed by atoms with E-state index in [0.29, 0.717) is 11.8 Å². The molecule has 0 saturated heterocycles. The lowest BCUT2D eigenvalue weighted by Gasteiger charge is -2.41. The zero-order chi connectivity index (χ0) is 25.8. The Bertz CT molecular complexity index is 1320. The first-order valence-corrected chi connectivity index (χ1v) is 10.2. The number of hydrogen-bond acceptors (Lipinski definition) is 6. The fourth-order valence-electron chi connectivity index (χ4n) is 3.70.